The summed E-state index contributed by atoms with van der Waals surface area (Å²) in [5.41, 5.74) is 4.33. The molecule has 102 valence electrons. The van der Waals surface area contributed by atoms with E-state index in [1.165, 1.54) is 29.5 Å². The highest BCUT2D eigenvalue weighted by Gasteiger charge is 2.06. The van der Waals surface area contributed by atoms with Crippen molar-refractivity contribution in [2.75, 3.05) is 13.1 Å². The standard InChI is InChI=1S/C17H29N/c1-13(2)12-18-9-8-15(4)11-17-10-14(3)6-7-16(17)5/h6-7,10,13,15,18H,8-9,11-12H2,1-5H3. The normalized spacial score (nSPS) is 13.0. The summed E-state index contributed by atoms with van der Waals surface area (Å²) in [5, 5.41) is 3.53. The fourth-order valence-electron chi connectivity index (χ4n) is 2.24. The number of aryl methyl sites for hydroxylation is 2. The second-order valence-electron chi connectivity index (χ2n) is 6.13. The molecular formula is C17H29N. The largest absolute Gasteiger partial charge is 0.316 e. The predicted molar refractivity (Wildman–Crippen MR) is 81.1 cm³/mol. The highest BCUT2D eigenvalue weighted by atomic mass is 14.8. The molecule has 0 aliphatic heterocycles. The molecule has 1 heteroatoms. The Bertz CT molecular complexity index is 355. The summed E-state index contributed by atoms with van der Waals surface area (Å²) >= 11 is 0. The number of benzene rings is 1. The van der Waals surface area contributed by atoms with Gasteiger partial charge in [0.2, 0.25) is 0 Å². The lowest BCUT2D eigenvalue weighted by molar-refractivity contribution is 0.473. The van der Waals surface area contributed by atoms with Crippen LogP contribution in [0.5, 0.6) is 0 Å². The topological polar surface area (TPSA) is 12.0 Å². The van der Waals surface area contributed by atoms with Crippen molar-refractivity contribution >= 4 is 0 Å². The fourth-order valence-corrected chi connectivity index (χ4v) is 2.24. The van der Waals surface area contributed by atoms with E-state index < -0.39 is 0 Å². The van der Waals surface area contributed by atoms with Gasteiger partial charge in [-0.3, -0.25) is 0 Å². The Labute approximate surface area is 113 Å². The summed E-state index contributed by atoms with van der Waals surface area (Å²) in [6, 6.07) is 6.79. The molecule has 0 saturated heterocycles. The molecule has 0 saturated carbocycles. The number of hydrogen-bond donors (Lipinski definition) is 1. The van der Waals surface area contributed by atoms with Gasteiger partial charge < -0.3 is 5.32 Å². The molecule has 0 bridgehead atoms. The highest BCUT2D eigenvalue weighted by molar-refractivity contribution is 5.30. The molecule has 0 amide bonds. The first-order chi connectivity index (χ1) is 8.49. The quantitative estimate of drug-likeness (QED) is 0.715. The van der Waals surface area contributed by atoms with Gasteiger partial charge in [0.05, 0.1) is 0 Å². The maximum absolute atomic E-state index is 3.53. The van der Waals surface area contributed by atoms with Crippen LogP contribution in [0, 0.1) is 25.7 Å². The molecule has 1 rings (SSSR count). The van der Waals surface area contributed by atoms with Gasteiger partial charge in [0.15, 0.2) is 0 Å². The molecule has 0 fully saturated rings. The second-order valence-corrected chi connectivity index (χ2v) is 6.13. The number of nitrogens with one attached hydrogen (secondary N) is 1. The summed E-state index contributed by atoms with van der Waals surface area (Å²) in [5.74, 6) is 1.50. The van der Waals surface area contributed by atoms with Crippen LogP contribution < -0.4 is 5.32 Å². The Kier molecular flexibility index (Phi) is 6.42. The van der Waals surface area contributed by atoms with E-state index in [-0.39, 0.29) is 0 Å². The first kappa shape index (κ1) is 15.2. The van der Waals surface area contributed by atoms with Crippen molar-refractivity contribution in [1.82, 2.24) is 5.32 Å². The van der Waals surface area contributed by atoms with Crippen molar-refractivity contribution in [1.29, 1.82) is 0 Å². The lowest BCUT2D eigenvalue weighted by atomic mass is 9.94. The van der Waals surface area contributed by atoms with Gasteiger partial charge in [-0.2, -0.15) is 0 Å². The van der Waals surface area contributed by atoms with Crippen LogP contribution in [0.2, 0.25) is 0 Å². The third-order valence-electron chi connectivity index (χ3n) is 3.44. The van der Waals surface area contributed by atoms with E-state index in [9.17, 15) is 0 Å². The minimum Gasteiger partial charge on any atom is -0.316 e. The SMILES string of the molecule is Cc1ccc(C)c(CC(C)CCNCC(C)C)c1. The Morgan fingerprint density at radius 2 is 1.83 bits per heavy atom. The summed E-state index contributed by atoms with van der Waals surface area (Å²) in [6.45, 7) is 13.6. The van der Waals surface area contributed by atoms with E-state index in [2.05, 4.69) is 58.1 Å². The van der Waals surface area contributed by atoms with E-state index in [0.29, 0.717) is 0 Å². The predicted octanol–water partition coefficient (Wildman–Crippen LogP) is 4.12. The molecule has 1 aromatic rings. The maximum Gasteiger partial charge on any atom is -0.00258 e. The van der Waals surface area contributed by atoms with Crippen molar-refractivity contribution in [2.24, 2.45) is 11.8 Å². The van der Waals surface area contributed by atoms with Gasteiger partial charge in [0.1, 0.15) is 0 Å². The van der Waals surface area contributed by atoms with Crippen LogP contribution in [0.15, 0.2) is 18.2 Å². The zero-order valence-electron chi connectivity index (χ0n) is 12.7. The second kappa shape index (κ2) is 7.58. The van der Waals surface area contributed by atoms with Crippen LogP contribution in [0.3, 0.4) is 0 Å². The fraction of sp³-hybridized carbons (Fsp3) is 0.647. The molecule has 0 radical (unpaired) electrons. The van der Waals surface area contributed by atoms with Gasteiger partial charge in [-0.25, -0.2) is 0 Å². The maximum atomic E-state index is 3.53. The zero-order chi connectivity index (χ0) is 13.5. The van der Waals surface area contributed by atoms with Crippen molar-refractivity contribution in [3.05, 3.63) is 34.9 Å². The monoisotopic (exact) mass is 247 g/mol. The van der Waals surface area contributed by atoms with E-state index in [1.807, 2.05) is 0 Å². The van der Waals surface area contributed by atoms with Crippen LogP contribution >= 0.6 is 0 Å². The summed E-state index contributed by atoms with van der Waals surface area (Å²) in [4.78, 5) is 0. The third-order valence-corrected chi connectivity index (χ3v) is 3.44. The van der Waals surface area contributed by atoms with E-state index in [0.717, 1.165) is 24.9 Å². The summed E-state index contributed by atoms with van der Waals surface area (Å²) in [6.07, 6.45) is 2.47. The van der Waals surface area contributed by atoms with Gasteiger partial charge in [-0.05, 0) is 62.7 Å². The molecule has 0 spiro atoms. The van der Waals surface area contributed by atoms with Crippen molar-refractivity contribution in [2.45, 2.75) is 47.5 Å². The van der Waals surface area contributed by atoms with Gasteiger partial charge in [0, 0.05) is 0 Å². The van der Waals surface area contributed by atoms with Gasteiger partial charge >= 0.3 is 0 Å². The smallest absolute Gasteiger partial charge is 0.00258 e. The molecule has 1 nitrogen and oxygen atoms in total. The lowest BCUT2D eigenvalue weighted by Crippen LogP contribution is -2.22. The molecule has 1 N–H and O–H groups in total. The van der Waals surface area contributed by atoms with Gasteiger partial charge in [-0.1, -0.05) is 44.5 Å². The zero-order valence-corrected chi connectivity index (χ0v) is 12.7. The minimum absolute atomic E-state index is 0.749. The Morgan fingerprint density at radius 1 is 1.11 bits per heavy atom. The molecule has 1 unspecified atom stereocenters. The Balaban J connectivity index is 2.35. The Morgan fingerprint density at radius 3 is 2.50 bits per heavy atom. The minimum atomic E-state index is 0.749. The summed E-state index contributed by atoms with van der Waals surface area (Å²) < 4.78 is 0. The first-order valence-corrected chi connectivity index (χ1v) is 7.26. The number of rotatable bonds is 7. The molecule has 1 atom stereocenters. The summed E-state index contributed by atoms with van der Waals surface area (Å²) in [7, 11) is 0. The molecule has 0 aromatic heterocycles. The van der Waals surface area contributed by atoms with Crippen LogP contribution in [-0.2, 0) is 6.42 Å². The molecule has 0 aliphatic carbocycles. The van der Waals surface area contributed by atoms with Crippen LogP contribution in [0.1, 0.15) is 43.9 Å². The average Bonchev–Trinajstić information content (AvgIpc) is 2.29. The van der Waals surface area contributed by atoms with Crippen molar-refractivity contribution in [3.63, 3.8) is 0 Å². The molecular weight excluding hydrogens is 218 g/mol. The van der Waals surface area contributed by atoms with E-state index in [1.54, 1.807) is 0 Å². The third kappa shape index (κ3) is 5.68. The molecule has 0 aliphatic rings. The molecule has 18 heavy (non-hydrogen) atoms. The van der Waals surface area contributed by atoms with E-state index in [4.69, 9.17) is 0 Å². The van der Waals surface area contributed by atoms with Gasteiger partial charge in [0.25, 0.3) is 0 Å². The Hall–Kier alpha value is -0.820. The number of hydrogen-bond acceptors (Lipinski definition) is 1. The van der Waals surface area contributed by atoms with Gasteiger partial charge in [-0.15, -0.1) is 0 Å². The first-order valence-electron chi connectivity index (χ1n) is 7.26. The molecule has 0 heterocycles. The van der Waals surface area contributed by atoms with Crippen molar-refractivity contribution in [3.8, 4) is 0 Å². The van der Waals surface area contributed by atoms with Crippen LogP contribution in [0.4, 0.5) is 0 Å². The lowest BCUT2D eigenvalue weighted by Gasteiger charge is -2.15. The molecule has 1 aromatic carbocycles. The van der Waals surface area contributed by atoms with Crippen molar-refractivity contribution < 1.29 is 0 Å². The van der Waals surface area contributed by atoms with Crippen LogP contribution in [0.25, 0.3) is 0 Å². The van der Waals surface area contributed by atoms with Crippen LogP contribution in [-0.4, -0.2) is 13.1 Å². The average molecular weight is 247 g/mol. The van der Waals surface area contributed by atoms with E-state index >= 15 is 0 Å². The highest BCUT2D eigenvalue weighted by Crippen LogP contribution is 2.17.